The van der Waals surface area contributed by atoms with Gasteiger partial charge in [0.05, 0.1) is 11.0 Å². The second-order valence-electron chi connectivity index (χ2n) is 8.11. The molecule has 0 radical (unpaired) electrons. The summed E-state index contributed by atoms with van der Waals surface area (Å²) in [5, 5.41) is 2.95. The zero-order valence-electron chi connectivity index (χ0n) is 18.7. The lowest BCUT2D eigenvalue weighted by Gasteiger charge is -2.34. The fraction of sp³-hybridized carbons (Fsp3) is 0.609. The van der Waals surface area contributed by atoms with Crippen LogP contribution >= 0.6 is 0 Å². The normalized spacial score (nSPS) is 13.5. The third-order valence-corrected chi connectivity index (χ3v) is 5.62. The summed E-state index contributed by atoms with van der Waals surface area (Å²) in [5.41, 5.74) is 1.84. The number of carbonyl (C=O) groups is 2. The summed E-state index contributed by atoms with van der Waals surface area (Å²) in [7, 11) is 0. The van der Waals surface area contributed by atoms with Gasteiger partial charge in [0.2, 0.25) is 11.8 Å². The van der Waals surface area contributed by atoms with Crippen molar-refractivity contribution in [1.82, 2.24) is 19.8 Å². The highest BCUT2D eigenvalue weighted by atomic mass is 16.2. The number of hydrogen-bond donors (Lipinski definition) is 1. The monoisotopic (exact) mass is 400 g/mol. The van der Waals surface area contributed by atoms with Gasteiger partial charge in [-0.15, -0.1) is 0 Å². The molecule has 1 aromatic heterocycles. The molecule has 0 saturated heterocycles. The molecule has 2 amide bonds. The molecule has 6 heteroatoms. The van der Waals surface area contributed by atoms with Crippen molar-refractivity contribution in [1.29, 1.82) is 0 Å². The predicted octanol–water partition coefficient (Wildman–Crippen LogP) is 3.78. The van der Waals surface area contributed by atoms with Crippen molar-refractivity contribution in [3.05, 3.63) is 30.1 Å². The van der Waals surface area contributed by atoms with E-state index in [4.69, 9.17) is 4.98 Å². The SMILES string of the molecule is CCC(C)N(C(=O)Cn1c(CCNC(=O)C(C)C)nc2ccccc21)C(C)CC. The molecule has 1 N–H and O–H groups in total. The standard InChI is InChI=1S/C23H36N4O2/c1-7-17(5)27(18(6)8-2)22(28)15-26-20-12-10-9-11-19(20)25-21(26)13-14-24-23(29)16(3)4/h9-12,16-18H,7-8,13-15H2,1-6H3,(H,24,29). The van der Waals surface area contributed by atoms with Crippen LogP contribution in [0.1, 0.15) is 60.2 Å². The molecule has 0 aliphatic heterocycles. The molecule has 2 atom stereocenters. The largest absolute Gasteiger partial charge is 0.355 e. The van der Waals surface area contributed by atoms with Crippen LogP contribution in [0, 0.1) is 5.92 Å². The van der Waals surface area contributed by atoms with Crippen molar-refractivity contribution in [3.63, 3.8) is 0 Å². The fourth-order valence-corrected chi connectivity index (χ4v) is 3.53. The average molecular weight is 401 g/mol. The Labute approximate surface area is 174 Å². The molecule has 1 heterocycles. The van der Waals surface area contributed by atoms with Gasteiger partial charge >= 0.3 is 0 Å². The number of nitrogens with one attached hydrogen (secondary N) is 1. The molecule has 0 saturated carbocycles. The molecule has 2 unspecified atom stereocenters. The minimum atomic E-state index is -0.0463. The highest BCUT2D eigenvalue weighted by Crippen LogP contribution is 2.19. The Balaban J connectivity index is 2.27. The molecule has 1 aromatic carbocycles. The van der Waals surface area contributed by atoms with Crippen LogP contribution in [-0.4, -0.2) is 44.9 Å². The van der Waals surface area contributed by atoms with Gasteiger partial charge in [-0.3, -0.25) is 9.59 Å². The summed E-state index contributed by atoms with van der Waals surface area (Å²) < 4.78 is 2.01. The van der Waals surface area contributed by atoms with Gasteiger partial charge in [0.1, 0.15) is 12.4 Å². The Kier molecular flexibility index (Phi) is 8.23. The van der Waals surface area contributed by atoms with E-state index in [0.29, 0.717) is 13.0 Å². The van der Waals surface area contributed by atoms with Gasteiger partial charge in [-0.25, -0.2) is 4.98 Å². The number of amides is 2. The zero-order valence-corrected chi connectivity index (χ0v) is 18.7. The first-order valence-electron chi connectivity index (χ1n) is 10.8. The van der Waals surface area contributed by atoms with E-state index >= 15 is 0 Å². The summed E-state index contributed by atoms with van der Waals surface area (Å²) in [6.45, 7) is 13.0. The summed E-state index contributed by atoms with van der Waals surface area (Å²) >= 11 is 0. The van der Waals surface area contributed by atoms with E-state index < -0.39 is 0 Å². The van der Waals surface area contributed by atoms with Gasteiger partial charge in [0.25, 0.3) is 0 Å². The molecule has 160 valence electrons. The fourth-order valence-electron chi connectivity index (χ4n) is 3.53. The molecule has 0 aliphatic carbocycles. The first-order valence-corrected chi connectivity index (χ1v) is 10.8. The van der Waals surface area contributed by atoms with E-state index in [0.717, 1.165) is 29.7 Å². The number of imidazole rings is 1. The lowest BCUT2D eigenvalue weighted by molar-refractivity contribution is -0.136. The molecular weight excluding hydrogens is 364 g/mol. The van der Waals surface area contributed by atoms with Crippen LogP contribution in [0.2, 0.25) is 0 Å². The van der Waals surface area contributed by atoms with Crippen LogP contribution in [0.4, 0.5) is 0 Å². The Morgan fingerprint density at radius 3 is 2.28 bits per heavy atom. The van der Waals surface area contributed by atoms with Crippen LogP contribution in [0.15, 0.2) is 24.3 Å². The number of para-hydroxylation sites is 2. The second kappa shape index (κ2) is 10.4. The molecule has 2 rings (SSSR count). The summed E-state index contributed by atoms with van der Waals surface area (Å²) in [6, 6.07) is 8.28. The van der Waals surface area contributed by atoms with Crippen LogP contribution in [0.3, 0.4) is 0 Å². The van der Waals surface area contributed by atoms with Gasteiger partial charge in [-0.1, -0.05) is 39.8 Å². The maximum absolute atomic E-state index is 13.3. The van der Waals surface area contributed by atoms with Crippen LogP contribution in [0.25, 0.3) is 11.0 Å². The maximum atomic E-state index is 13.3. The minimum absolute atomic E-state index is 0.0310. The maximum Gasteiger partial charge on any atom is 0.243 e. The number of carbonyl (C=O) groups excluding carboxylic acids is 2. The molecule has 0 fully saturated rings. The number of aromatic nitrogens is 2. The number of fused-ring (bicyclic) bond motifs is 1. The minimum Gasteiger partial charge on any atom is -0.355 e. The summed E-state index contributed by atoms with van der Waals surface area (Å²) in [5.74, 6) is 0.930. The van der Waals surface area contributed by atoms with Gasteiger partial charge < -0.3 is 14.8 Å². The molecule has 29 heavy (non-hydrogen) atoms. The topological polar surface area (TPSA) is 67.2 Å². The van der Waals surface area contributed by atoms with Crippen molar-refractivity contribution in [3.8, 4) is 0 Å². The van der Waals surface area contributed by atoms with Gasteiger partial charge in [0, 0.05) is 31.0 Å². The van der Waals surface area contributed by atoms with Gasteiger partial charge in [-0.05, 0) is 38.8 Å². The Bertz CT molecular complexity index is 817. The summed E-state index contributed by atoms with van der Waals surface area (Å²) in [6.07, 6.45) is 2.44. The number of rotatable bonds is 10. The highest BCUT2D eigenvalue weighted by molar-refractivity contribution is 5.81. The summed E-state index contributed by atoms with van der Waals surface area (Å²) in [4.78, 5) is 31.9. The Morgan fingerprint density at radius 1 is 1.07 bits per heavy atom. The first kappa shape index (κ1) is 22.9. The van der Waals surface area contributed by atoms with Crippen molar-refractivity contribution in [2.24, 2.45) is 5.92 Å². The molecular formula is C23H36N4O2. The van der Waals surface area contributed by atoms with Crippen molar-refractivity contribution in [2.75, 3.05) is 6.54 Å². The van der Waals surface area contributed by atoms with Crippen LogP contribution in [0.5, 0.6) is 0 Å². The Hall–Kier alpha value is -2.37. The van der Waals surface area contributed by atoms with Crippen molar-refractivity contribution in [2.45, 2.75) is 79.4 Å². The average Bonchev–Trinajstić information content (AvgIpc) is 3.04. The van der Waals surface area contributed by atoms with E-state index in [2.05, 4.69) is 33.0 Å². The second-order valence-corrected chi connectivity index (χ2v) is 8.11. The van der Waals surface area contributed by atoms with Crippen molar-refractivity contribution >= 4 is 22.8 Å². The molecule has 0 spiro atoms. The smallest absolute Gasteiger partial charge is 0.243 e. The van der Waals surface area contributed by atoms with Gasteiger partial charge in [-0.2, -0.15) is 0 Å². The van der Waals surface area contributed by atoms with Gasteiger partial charge in [0.15, 0.2) is 0 Å². The lowest BCUT2D eigenvalue weighted by Crippen LogP contribution is -2.46. The van der Waals surface area contributed by atoms with Crippen molar-refractivity contribution < 1.29 is 9.59 Å². The number of benzene rings is 1. The van der Waals surface area contributed by atoms with E-state index in [1.54, 1.807) is 0 Å². The van der Waals surface area contributed by atoms with Crippen LogP contribution < -0.4 is 5.32 Å². The Morgan fingerprint density at radius 2 is 1.69 bits per heavy atom. The molecule has 2 aromatic rings. The third kappa shape index (κ3) is 5.58. The lowest BCUT2D eigenvalue weighted by atomic mass is 10.1. The number of nitrogens with zero attached hydrogens (tertiary/aromatic N) is 3. The first-order chi connectivity index (χ1) is 13.8. The number of hydrogen-bond acceptors (Lipinski definition) is 3. The third-order valence-electron chi connectivity index (χ3n) is 5.62. The quantitative estimate of drug-likeness (QED) is 0.660. The zero-order chi connectivity index (χ0) is 21.6. The van der Waals surface area contributed by atoms with Crippen LogP contribution in [-0.2, 0) is 22.6 Å². The molecule has 0 bridgehead atoms. The van der Waals surface area contributed by atoms with E-state index in [1.807, 2.05) is 47.6 Å². The molecule has 0 aliphatic rings. The van der Waals surface area contributed by atoms with E-state index in [9.17, 15) is 9.59 Å². The van der Waals surface area contributed by atoms with E-state index in [1.165, 1.54) is 0 Å². The predicted molar refractivity (Wildman–Crippen MR) is 118 cm³/mol. The highest BCUT2D eigenvalue weighted by Gasteiger charge is 2.25. The van der Waals surface area contributed by atoms with E-state index in [-0.39, 0.29) is 36.4 Å². The molecule has 6 nitrogen and oxygen atoms in total.